The van der Waals surface area contributed by atoms with Crippen LogP contribution < -0.4 is 5.32 Å². The van der Waals surface area contributed by atoms with Gasteiger partial charge in [0, 0.05) is 12.4 Å². The van der Waals surface area contributed by atoms with Crippen LogP contribution in [0.15, 0.2) is 12.4 Å². The Bertz CT molecular complexity index is 430. The van der Waals surface area contributed by atoms with Crippen LogP contribution >= 0.6 is 11.3 Å². The minimum Gasteiger partial charge on any atom is -0.306 e. The number of thiazole rings is 1. The summed E-state index contributed by atoms with van der Waals surface area (Å²) in [5.74, 6) is 0. The first kappa shape index (κ1) is 10.4. The summed E-state index contributed by atoms with van der Waals surface area (Å²) in [6.07, 6.45) is 3.37. The van der Waals surface area contributed by atoms with Crippen molar-refractivity contribution in [1.29, 1.82) is 0 Å². The average molecular weight is 222 g/mol. The van der Waals surface area contributed by atoms with Gasteiger partial charge in [0.1, 0.15) is 5.01 Å². The molecule has 5 heteroatoms. The maximum Gasteiger partial charge on any atom is 0.189 e. The van der Waals surface area contributed by atoms with Crippen LogP contribution in [0.4, 0.5) is 0 Å². The second-order valence-electron chi connectivity index (χ2n) is 3.86. The van der Waals surface area contributed by atoms with Crippen LogP contribution in [0.1, 0.15) is 25.8 Å². The molecule has 2 aromatic rings. The Hall–Kier alpha value is -1.07. The van der Waals surface area contributed by atoms with E-state index in [9.17, 15) is 0 Å². The van der Waals surface area contributed by atoms with Crippen molar-refractivity contribution in [3.63, 3.8) is 0 Å². The number of nitrogens with zero attached hydrogens (tertiary/aromatic N) is 3. The van der Waals surface area contributed by atoms with E-state index in [1.54, 1.807) is 23.7 Å². The molecule has 0 unspecified atom stereocenters. The van der Waals surface area contributed by atoms with Crippen LogP contribution in [0.3, 0.4) is 0 Å². The van der Waals surface area contributed by atoms with Gasteiger partial charge in [0.25, 0.3) is 0 Å². The molecule has 2 rings (SSSR count). The number of fused-ring (bicyclic) bond motifs is 1. The van der Waals surface area contributed by atoms with Crippen LogP contribution in [0.2, 0.25) is 0 Å². The molecule has 1 N–H and O–H groups in total. The van der Waals surface area contributed by atoms with Gasteiger partial charge in [-0.3, -0.25) is 0 Å². The average Bonchev–Trinajstić information content (AvgIpc) is 2.61. The normalized spacial score (nSPS) is 12.2. The number of hydrogen-bond acceptors (Lipinski definition) is 5. The molecule has 2 heterocycles. The van der Waals surface area contributed by atoms with E-state index in [1.165, 1.54) is 0 Å². The van der Waals surface area contributed by atoms with Crippen molar-refractivity contribution in [2.24, 2.45) is 0 Å². The molecule has 0 aliphatic rings. The summed E-state index contributed by atoms with van der Waals surface area (Å²) in [5.41, 5.74) is 0.630. The maximum absolute atomic E-state index is 4.49. The van der Waals surface area contributed by atoms with E-state index in [0.29, 0.717) is 0 Å². The SMILES string of the molecule is CCNC(C)(C)c1nc2nccnc2s1. The first-order chi connectivity index (χ1) is 7.13. The van der Waals surface area contributed by atoms with Crippen LogP contribution in [0.25, 0.3) is 10.5 Å². The van der Waals surface area contributed by atoms with Gasteiger partial charge in [-0.15, -0.1) is 0 Å². The Labute approximate surface area is 92.8 Å². The van der Waals surface area contributed by atoms with E-state index in [-0.39, 0.29) is 5.54 Å². The highest BCUT2D eigenvalue weighted by Gasteiger charge is 2.23. The first-order valence-corrected chi connectivity index (χ1v) is 5.78. The minimum absolute atomic E-state index is 0.109. The standard InChI is InChI=1S/C10H14N4S/c1-4-13-10(2,3)9-14-7-8(15-9)12-6-5-11-7/h5-6,13H,4H2,1-3H3. The highest BCUT2D eigenvalue weighted by Crippen LogP contribution is 2.27. The largest absolute Gasteiger partial charge is 0.306 e. The molecular weight excluding hydrogens is 208 g/mol. The van der Waals surface area contributed by atoms with Crippen LogP contribution in [-0.2, 0) is 5.54 Å². The molecule has 2 aromatic heterocycles. The van der Waals surface area contributed by atoms with Crippen molar-refractivity contribution in [1.82, 2.24) is 20.3 Å². The quantitative estimate of drug-likeness (QED) is 0.862. The molecule has 0 saturated carbocycles. The number of nitrogens with one attached hydrogen (secondary N) is 1. The zero-order valence-corrected chi connectivity index (χ0v) is 9.93. The van der Waals surface area contributed by atoms with Crippen molar-refractivity contribution >= 4 is 21.8 Å². The molecular formula is C10H14N4S. The fraction of sp³-hybridized carbons (Fsp3) is 0.500. The van der Waals surface area contributed by atoms with Crippen molar-refractivity contribution in [3.05, 3.63) is 17.4 Å². The van der Waals surface area contributed by atoms with Crippen molar-refractivity contribution in [3.8, 4) is 0 Å². The predicted molar refractivity (Wildman–Crippen MR) is 61.9 cm³/mol. The Kier molecular flexibility index (Phi) is 2.67. The zero-order valence-electron chi connectivity index (χ0n) is 9.11. The van der Waals surface area contributed by atoms with E-state index in [1.807, 2.05) is 0 Å². The lowest BCUT2D eigenvalue weighted by molar-refractivity contribution is 0.414. The van der Waals surface area contributed by atoms with Gasteiger partial charge in [-0.25, -0.2) is 15.0 Å². The van der Waals surface area contributed by atoms with Gasteiger partial charge in [-0.1, -0.05) is 18.3 Å². The Morgan fingerprint density at radius 2 is 2.07 bits per heavy atom. The van der Waals surface area contributed by atoms with Crippen LogP contribution in [-0.4, -0.2) is 21.5 Å². The molecule has 0 spiro atoms. The molecule has 0 aliphatic heterocycles. The van der Waals surface area contributed by atoms with Gasteiger partial charge in [0.2, 0.25) is 0 Å². The highest BCUT2D eigenvalue weighted by molar-refractivity contribution is 7.18. The van der Waals surface area contributed by atoms with Gasteiger partial charge in [-0.2, -0.15) is 0 Å². The van der Waals surface area contributed by atoms with Crippen LogP contribution in [0, 0.1) is 0 Å². The Morgan fingerprint density at radius 1 is 1.33 bits per heavy atom. The Balaban J connectivity index is 2.44. The molecule has 0 aromatic carbocycles. The second kappa shape index (κ2) is 3.83. The first-order valence-electron chi connectivity index (χ1n) is 4.96. The molecule has 0 saturated heterocycles. The summed E-state index contributed by atoms with van der Waals surface area (Å²) in [6.45, 7) is 7.25. The molecule has 0 aliphatic carbocycles. The lowest BCUT2D eigenvalue weighted by atomic mass is 10.1. The lowest BCUT2D eigenvalue weighted by Crippen LogP contribution is -2.36. The van der Waals surface area contributed by atoms with E-state index < -0.39 is 0 Å². The smallest absolute Gasteiger partial charge is 0.189 e. The van der Waals surface area contributed by atoms with Crippen molar-refractivity contribution in [2.45, 2.75) is 26.3 Å². The zero-order chi connectivity index (χ0) is 10.9. The van der Waals surface area contributed by atoms with Crippen LogP contribution in [0.5, 0.6) is 0 Å². The lowest BCUT2D eigenvalue weighted by Gasteiger charge is -2.22. The molecule has 0 fully saturated rings. The van der Waals surface area contributed by atoms with E-state index in [4.69, 9.17) is 0 Å². The number of hydrogen-bond donors (Lipinski definition) is 1. The highest BCUT2D eigenvalue weighted by atomic mass is 32.1. The summed E-state index contributed by atoms with van der Waals surface area (Å²) in [7, 11) is 0. The monoisotopic (exact) mass is 222 g/mol. The third-order valence-electron chi connectivity index (χ3n) is 2.20. The molecule has 0 bridgehead atoms. The number of aromatic nitrogens is 3. The van der Waals surface area contributed by atoms with Gasteiger partial charge in [-0.05, 0) is 20.4 Å². The fourth-order valence-corrected chi connectivity index (χ4v) is 2.41. The molecule has 0 atom stereocenters. The van der Waals surface area contributed by atoms with E-state index >= 15 is 0 Å². The molecule has 0 amide bonds. The molecule has 4 nitrogen and oxygen atoms in total. The topological polar surface area (TPSA) is 50.7 Å². The Morgan fingerprint density at radius 3 is 2.73 bits per heavy atom. The van der Waals surface area contributed by atoms with Gasteiger partial charge < -0.3 is 5.32 Å². The van der Waals surface area contributed by atoms with Crippen molar-refractivity contribution in [2.75, 3.05) is 6.54 Å². The van der Waals surface area contributed by atoms with Gasteiger partial charge >= 0.3 is 0 Å². The van der Waals surface area contributed by atoms with E-state index in [0.717, 1.165) is 22.0 Å². The summed E-state index contributed by atoms with van der Waals surface area (Å²) >= 11 is 1.60. The number of rotatable bonds is 3. The van der Waals surface area contributed by atoms with Gasteiger partial charge in [0.15, 0.2) is 10.5 Å². The third-order valence-corrected chi connectivity index (χ3v) is 3.48. The van der Waals surface area contributed by atoms with Gasteiger partial charge in [0.05, 0.1) is 5.54 Å². The van der Waals surface area contributed by atoms with E-state index in [2.05, 4.69) is 41.0 Å². The third kappa shape index (κ3) is 1.98. The van der Waals surface area contributed by atoms with Crippen molar-refractivity contribution < 1.29 is 0 Å². The molecule has 15 heavy (non-hydrogen) atoms. The maximum atomic E-state index is 4.49. The summed E-state index contributed by atoms with van der Waals surface area (Å²) in [5, 5.41) is 4.42. The summed E-state index contributed by atoms with van der Waals surface area (Å²) in [4.78, 5) is 13.8. The minimum atomic E-state index is -0.109. The summed E-state index contributed by atoms with van der Waals surface area (Å²) in [6, 6.07) is 0. The molecule has 0 radical (unpaired) electrons. The molecule has 80 valence electrons. The summed E-state index contributed by atoms with van der Waals surface area (Å²) < 4.78 is 0. The fourth-order valence-electron chi connectivity index (χ4n) is 1.46. The predicted octanol–water partition coefficient (Wildman–Crippen LogP) is 1.93. The second-order valence-corrected chi connectivity index (χ2v) is 4.84.